The minimum Gasteiger partial charge on any atom is -0.507 e. The first-order valence-electron chi connectivity index (χ1n) is 9.75. The van der Waals surface area contributed by atoms with Gasteiger partial charge in [0.25, 0.3) is 0 Å². The summed E-state index contributed by atoms with van der Waals surface area (Å²) < 4.78 is 15.7. The van der Waals surface area contributed by atoms with E-state index in [1.54, 1.807) is 12.1 Å². The van der Waals surface area contributed by atoms with E-state index in [0.717, 1.165) is 6.07 Å². The van der Waals surface area contributed by atoms with Gasteiger partial charge in [-0.15, -0.1) is 0 Å². The molecule has 0 amide bonds. The zero-order valence-electron chi connectivity index (χ0n) is 17.1. The highest BCUT2D eigenvalue weighted by atomic mass is 16.7. The number of hydrogen-bond donors (Lipinski definition) is 5. The Kier molecular flexibility index (Phi) is 7.44. The molecule has 0 aromatic heterocycles. The summed E-state index contributed by atoms with van der Waals surface area (Å²) in [5, 5.41) is 49.1. The van der Waals surface area contributed by atoms with Crippen LogP contribution in [0.4, 0.5) is 0 Å². The van der Waals surface area contributed by atoms with Gasteiger partial charge >= 0.3 is 0 Å². The summed E-state index contributed by atoms with van der Waals surface area (Å²) in [6.45, 7) is -0.619. The maximum atomic E-state index is 12.5. The van der Waals surface area contributed by atoms with Gasteiger partial charge in [0.1, 0.15) is 41.7 Å². The highest BCUT2D eigenvalue weighted by Crippen LogP contribution is 2.29. The van der Waals surface area contributed by atoms with Crippen molar-refractivity contribution in [3.8, 4) is 17.2 Å². The Morgan fingerprint density at radius 3 is 2.19 bits per heavy atom. The summed E-state index contributed by atoms with van der Waals surface area (Å²) in [6.07, 6.45) is -7.85. The van der Waals surface area contributed by atoms with Crippen LogP contribution in [0.25, 0.3) is 0 Å². The van der Waals surface area contributed by atoms with Crippen molar-refractivity contribution in [2.24, 2.45) is 0 Å². The number of phenolic OH excluding ortho intramolecular Hbond substituents is 1. The molecule has 1 aliphatic heterocycles. The molecule has 0 unspecified atom stereocenters. The Bertz CT molecular complexity index is 956. The number of carbonyl (C=O) groups is 2. The van der Waals surface area contributed by atoms with Crippen LogP contribution < -0.4 is 9.47 Å². The number of ether oxygens (including phenoxy) is 3. The summed E-state index contributed by atoms with van der Waals surface area (Å²) in [4.78, 5) is 24.8. The molecule has 5 N–H and O–H groups in total. The van der Waals surface area contributed by atoms with Gasteiger partial charge in [0, 0.05) is 11.6 Å². The fourth-order valence-corrected chi connectivity index (χ4v) is 3.24. The molecule has 2 aromatic rings. The Morgan fingerprint density at radius 1 is 0.938 bits per heavy atom. The van der Waals surface area contributed by atoms with Crippen LogP contribution in [0.15, 0.2) is 42.5 Å². The molecule has 0 aliphatic carbocycles. The van der Waals surface area contributed by atoms with Gasteiger partial charge in [-0.2, -0.15) is 0 Å². The number of aliphatic hydroxyl groups excluding tert-OH is 4. The molecule has 2 aromatic carbocycles. The van der Waals surface area contributed by atoms with E-state index in [9.17, 15) is 35.1 Å². The highest BCUT2D eigenvalue weighted by molar-refractivity contribution is 6.14. The van der Waals surface area contributed by atoms with E-state index in [-0.39, 0.29) is 11.3 Å². The molecule has 1 fully saturated rings. The smallest absolute Gasteiger partial charge is 0.229 e. The van der Waals surface area contributed by atoms with E-state index in [0.29, 0.717) is 11.3 Å². The van der Waals surface area contributed by atoms with E-state index >= 15 is 0 Å². The second-order valence-corrected chi connectivity index (χ2v) is 7.25. The minimum absolute atomic E-state index is 0.00939. The van der Waals surface area contributed by atoms with Crippen LogP contribution in [-0.2, 0) is 4.74 Å². The number of methoxy groups -OCH3 is 1. The summed E-state index contributed by atoms with van der Waals surface area (Å²) in [6, 6.07) is 9.91. The molecule has 0 saturated carbocycles. The molecule has 0 radical (unpaired) electrons. The molecule has 0 spiro atoms. The van der Waals surface area contributed by atoms with E-state index < -0.39 is 61.0 Å². The number of aliphatic hydroxyl groups is 4. The normalized spacial score (nSPS) is 25.2. The van der Waals surface area contributed by atoms with Crippen molar-refractivity contribution in [2.45, 2.75) is 37.1 Å². The lowest BCUT2D eigenvalue weighted by Crippen LogP contribution is -2.60. The molecule has 10 heteroatoms. The lowest BCUT2D eigenvalue weighted by Gasteiger charge is -2.39. The van der Waals surface area contributed by atoms with Gasteiger partial charge in [0.15, 0.2) is 11.6 Å². The van der Waals surface area contributed by atoms with Crippen molar-refractivity contribution in [1.29, 1.82) is 0 Å². The third kappa shape index (κ3) is 5.06. The van der Waals surface area contributed by atoms with Gasteiger partial charge in [-0.25, -0.2) is 0 Å². The number of aromatic hydroxyl groups is 1. The zero-order valence-corrected chi connectivity index (χ0v) is 17.1. The van der Waals surface area contributed by atoms with Crippen LogP contribution in [0, 0.1) is 0 Å². The topological polar surface area (TPSA) is 163 Å². The number of phenols is 1. The number of rotatable bonds is 8. The average Bonchev–Trinajstić information content (AvgIpc) is 2.79. The van der Waals surface area contributed by atoms with Crippen molar-refractivity contribution in [2.75, 3.05) is 13.7 Å². The van der Waals surface area contributed by atoms with Crippen molar-refractivity contribution >= 4 is 11.6 Å². The second-order valence-electron chi connectivity index (χ2n) is 7.25. The number of ketones is 2. The van der Waals surface area contributed by atoms with Crippen LogP contribution in [-0.4, -0.2) is 81.5 Å². The number of carbonyl (C=O) groups excluding carboxylic acids is 2. The van der Waals surface area contributed by atoms with Crippen molar-refractivity contribution in [3.63, 3.8) is 0 Å². The van der Waals surface area contributed by atoms with Crippen molar-refractivity contribution in [3.05, 3.63) is 53.6 Å². The standard InChI is InChI=1S/C22H24O10/c1-30-12-4-2-11(3-5-12)15(24)9-17(26)14-7-6-13(8-16(14)25)31-22-21(29)20(28)19(27)18(10-23)32-22/h2-8,18-23,25,27-29H,9-10H2,1H3/t18-,19-,20+,21-,22-/m1/s1. The molecule has 172 valence electrons. The highest BCUT2D eigenvalue weighted by Gasteiger charge is 2.44. The Balaban J connectivity index is 1.67. The van der Waals surface area contributed by atoms with Gasteiger partial charge in [0.2, 0.25) is 6.29 Å². The fourth-order valence-electron chi connectivity index (χ4n) is 3.24. The lowest BCUT2D eigenvalue weighted by molar-refractivity contribution is -0.277. The van der Waals surface area contributed by atoms with Crippen molar-refractivity contribution < 1.29 is 49.3 Å². The number of benzene rings is 2. The summed E-state index contributed by atoms with van der Waals surface area (Å²) in [7, 11) is 1.49. The molecule has 1 heterocycles. The molecule has 0 bridgehead atoms. The summed E-state index contributed by atoms with van der Waals surface area (Å²) in [5.41, 5.74) is 0.217. The van der Waals surface area contributed by atoms with E-state index in [1.807, 2.05) is 0 Å². The molecule has 5 atom stereocenters. The monoisotopic (exact) mass is 448 g/mol. The van der Waals surface area contributed by atoms with Crippen LogP contribution in [0.2, 0.25) is 0 Å². The number of Topliss-reactive ketones (excluding diaryl/α,β-unsaturated/α-hetero) is 2. The molecular weight excluding hydrogens is 424 g/mol. The van der Waals surface area contributed by atoms with Crippen LogP contribution in [0.5, 0.6) is 17.2 Å². The third-order valence-electron chi connectivity index (χ3n) is 5.10. The third-order valence-corrected chi connectivity index (χ3v) is 5.10. The van der Waals surface area contributed by atoms with Gasteiger partial charge in [-0.05, 0) is 36.4 Å². The average molecular weight is 448 g/mol. The lowest BCUT2D eigenvalue weighted by atomic mass is 9.99. The zero-order chi connectivity index (χ0) is 23.4. The van der Waals surface area contributed by atoms with E-state index in [1.165, 1.54) is 31.4 Å². The molecule has 10 nitrogen and oxygen atoms in total. The predicted molar refractivity (Wildman–Crippen MR) is 109 cm³/mol. The fraction of sp³-hybridized carbons (Fsp3) is 0.364. The van der Waals surface area contributed by atoms with Gasteiger partial charge in [-0.3, -0.25) is 9.59 Å². The first-order chi connectivity index (χ1) is 15.2. The predicted octanol–water partition coefficient (Wildman–Crippen LogP) is 0.0352. The summed E-state index contributed by atoms with van der Waals surface area (Å²) in [5.74, 6) is -0.939. The summed E-state index contributed by atoms with van der Waals surface area (Å²) >= 11 is 0. The molecule has 32 heavy (non-hydrogen) atoms. The Morgan fingerprint density at radius 2 is 1.59 bits per heavy atom. The first kappa shape index (κ1) is 23.6. The SMILES string of the molecule is COc1ccc(C(=O)CC(=O)c2ccc(O[C@@H]3O[C@H](CO)[C@@H](O)[C@H](O)[C@H]3O)cc2O)cc1. The van der Waals surface area contributed by atoms with Crippen LogP contribution in [0.1, 0.15) is 27.1 Å². The second kappa shape index (κ2) is 10.1. The number of hydrogen-bond acceptors (Lipinski definition) is 10. The molecule has 3 rings (SSSR count). The Hall–Kier alpha value is -3.02. The van der Waals surface area contributed by atoms with E-state index in [2.05, 4.69) is 0 Å². The van der Waals surface area contributed by atoms with Gasteiger partial charge in [0.05, 0.1) is 25.7 Å². The molecular formula is C22H24O10. The molecule has 1 aliphatic rings. The van der Waals surface area contributed by atoms with E-state index in [4.69, 9.17) is 14.2 Å². The largest absolute Gasteiger partial charge is 0.507 e. The first-order valence-corrected chi connectivity index (χ1v) is 9.75. The molecule has 1 saturated heterocycles. The van der Waals surface area contributed by atoms with Crippen LogP contribution >= 0.6 is 0 Å². The maximum absolute atomic E-state index is 12.5. The van der Waals surface area contributed by atoms with Crippen molar-refractivity contribution in [1.82, 2.24) is 0 Å². The maximum Gasteiger partial charge on any atom is 0.229 e. The Labute approximate surface area is 183 Å². The van der Waals surface area contributed by atoms with Crippen LogP contribution in [0.3, 0.4) is 0 Å². The van der Waals surface area contributed by atoms with Gasteiger partial charge < -0.3 is 39.7 Å². The quantitative estimate of drug-likeness (QED) is 0.275. The minimum atomic E-state index is -1.63. The van der Waals surface area contributed by atoms with Gasteiger partial charge in [-0.1, -0.05) is 0 Å².